The van der Waals surface area contributed by atoms with Crippen molar-refractivity contribution in [1.82, 2.24) is 0 Å². The van der Waals surface area contributed by atoms with E-state index in [0.717, 1.165) is 6.29 Å². The maximum Gasteiger partial charge on any atom is 0.192 e. The fraction of sp³-hybridized carbons (Fsp3) is 0.167. The molecule has 0 amide bonds. The maximum absolute atomic E-state index is 11.7. The monoisotopic (exact) mass is 236 g/mol. The van der Waals surface area contributed by atoms with Crippen molar-refractivity contribution in [3.05, 3.63) is 44.8 Å². The first-order valence-corrected chi connectivity index (χ1v) is 5.16. The van der Waals surface area contributed by atoms with Crippen LogP contribution in [0.1, 0.15) is 11.3 Å². The summed E-state index contributed by atoms with van der Waals surface area (Å²) in [7, 11) is 0. The van der Waals surface area contributed by atoms with Crippen molar-refractivity contribution in [2.24, 2.45) is 0 Å². The molecule has 2 rings (SSSR count). The van der Waals surface area contributed by atoms with Crippen LogP contribution in [0.15, 0.2) is 27.4 Å². The van der Waals surface area contributed by atoms with E-state index in [4.69, 9.17) is 16.0 Å². The highest BCUT2D eigenvalue weighted by Gasteiger charge is 2.09. The zero-order valence-corrected chi connectivity index (χ0v) is 9.38. The van der Waals surface area contributed by atoms with Crippen molar-refractivity contribution in [3.63, 3.8) is 0 Å². The van der Waals surface area contributed by atoms with E-state index >= 15 is 0 Å². The minimum Gasteiger partial charge on any atom is -0.461 e. The number of hydrogen-bond donors (Lipinski definition) is 0. The van der Waals surface area contributed by atoms with E-state index in [0.29, 0.717) is 27.3 Å². The van der Waals surface area contributed by atoms with Gasteiger partial charge in [0.25, 0.3) is 0 Å². The maximum atomic E-state index is 11.7. The van der Waals surface area contributed by atoms with Crippen LogP contribution >= 0.6 is 11.6 Å². The number of carbonyl (C=O) groups is 1. The predicted molar refractivity (Wildman–Crippen MR) is 62.0 cm³/mol. The van der Waals surface area contributed by atoms with Crippen LogP contribution in [0.2, 0.25) is 5.02 Å². The normalized spacial score (nSPS) is 10.6. The zero-order valence-electron chi connectivity index (χ0n) is 8.62. The van der Waals surface area contributed by atoms with Crippen LogP contribution in [0.25, 0.3) is 11.0 Å². The van der Waals surface area contributed by atoms with Crippen LogP contribution in [0.5, 0.6) is 0 Å². The predicted octanol–water partition coefficient (Wildman–Crippen LogP) is 2.50. The second-order valence-electron chi connectivity index (χ2n) is 3.53. The van der Waals surface area contributed by atoms with E-state index in [1.165, 1.54) is 6.07 Å². The molecule has 0 N–H and O–H groups in total. The minimum absolute atomic E-state index is 0.145. The van der Waals surface area contributed by atoms with Gasteiger partial charge in [-0.25, -0.2) is 0 Å². The molecule has 16 heavy (non-hydrogen) atoms. The van der Waals surface area contributed by atoms with Gasteiger partial charge >= 0.3 is 0 Å². The van der Waals surface area contributed by atoms with Gasteiger partial charge in [-0.05, 0) is 19.1 Å². The summed E-state index contributed by atoms with van der Waals surface area (Å²) >= 11 is 5.87. The number of halogens is 1. The molecule has 0 unspecified atom stereocenters. The molecule has 1 aromatic carbocycles. The Labute approximate surface area is 96.6 Å². The van der Waals surface area contributed by atoms with Crippen molar-refractivity contribution >= 4 is 28.9 Å². The average molecular weight is 237 g/mol. The molecule has 0 aliphatic carbocycles. The van der Waals surface area contributed by atoms with Gasteiger partial charge in [-0.15, -0.1) is 0 Å². The zero-order chi connectivity index (χ0) is 11.7. The molecule has 0 saturated carbocycles. The van der Waals surface area contributed by atoms with Crippen molar-refractivity contribution in [3.8, 4) is 0 Å². The molecular formula is C12H9ClO3. The van der Waals surface area contributed by atoms with E-state index in [1.54, 1.807) is 19.1 Å². The lowest BCUT2D eigenvalue weighted by Gasteiger charge is -2.04. The van der Waals surface area contributed by atoms with Gasteiger partial charge in [-0.3, -0.25) is 4.79 Å². The SMILES string of the molecule is Cc1cc(=O)c2cc(Cl)cc(CC=O)c2o1. The van der Waals surface area contributed by atoms with Crippen molar-refractivity contribution in [2.45, 2.75) is 13.3 Å². The van der Waals surface area contributed by atoms with Crippen LogP contribution < -0.4 is 5.43 Å². The molecule has 0 fully saturated rings. The topological polar surface area (TPSA) is 47.3 Å². The van der Waals surface area contributed by atoms with Gasteiger partial charge in [-0.1, -0.05) is 11.6 Å². The van der Waals surface area contributed by atoms with E-state index in [2.05, 4.69) is 0 Å². The number of aldehydes is 1. The van der Waals surface area contributed by atoms with Gasteiger partial charge in [0.05, 0.1) is 5.39 Å². The number of benzene rings is 1. The van der Waals surface area contributed by atoms with Gasteiger partial charge in [0.2, 0.25) is 0 Å². The van der Waals surface area contributed by atoms with Crippen LogP contribution in [-0.2, 0) is 11.2 Å². The highest BCUT2D eigenvalue weighted by atomic mass is 35.5. The van der Waals surface area contributed by atoms with Gasteiger partial charge in [0, 0.05) is 23.1 Å². The molecule has 1 aromatic heterocycles. The lowest BCUT2D eigenvalue weighted by atomic mass is 10.1. The Balaban J connectivity index is 2.89. The molecule has 0 radical (unpaired) electrons. The Hall–Kier alpha value is -1.61. The molecule has 0 aliphatic rings. The Bertz CT molecular complexity index is 613. The summed E-state index contributed by atoms with van der Waals surface area (Å²) in [6.07, 6.45) is 0.941. The molecular weight excluding hydrogens is 228 g/mol. The van der Waals surface area contributed by atoms with Crippen LogP contribution in [-0.4, -0.2) is 6.29 Å². The summed E-state index contributed by atoms with van der Waals surface area (Å²) in [5.74, 6) is 0.520. The first kappa shape index (κ1) is 10.9. The number of carbonyl (C=O) groups excluding carboxylic acids is 1. The Morgan fingerprint density at radius 2 is 2.12 bits per heavy atom. The minimum atomic E-state index is -0.145. The van der Waals surface area contributed by atoms with E-state index in [9.17, 15) is 9.59 Å². The highest BCUT2D eigenvalue weighted by Crippen LogP contribution is 2.22. The molecule has 0 spiro atoms. The Morgan fingerprint density at radius 3 is 2.81 bits per heavy atom. The van der Waals surface area contributed by atoms with Gasteiger partial charge < -0.3 is 9.21 Å². The third-order valence-corrected chi connectivity index (χ3v) is 2.51. The fourth-order valence-electron chi connectivity index (χ4n) is 1.65. The number of fused-ring (bicyclic) bond motifs is 1. The molecule has 3 nitrogen and oxygen atoms in total. The van der Waals surface area contributed by atoms with Gasteiger partial charge in [0.1, 0.15) is 17.6 Å². The van der Waals surface area contributed by atoms with E-state index < -0.39 is 0 Å². The van der Waals surface area contributed by atoms with E-state index in [1.807, 2.05) is 0 Å². The molecule has 0 aliphatic heterocycles. The summed E-state index contributed by atoms with van der Waals surface area (Å²) in [6.45, 7) is 1.69. The number of aryl methyl sites for hydroxylation is 1. The fourth-order valence-corrected chi connectivity index (χ4v) is 1.89. The standard InChI is InChI=1S/C12H9ClO3/c1-7-4-11(15)10-6-9(13)5-8(2-3-14)12(10)16-7/h3-6H,2H2,1H3. The van der Waals surface area contributed by atoms with Crippen molar-refractivity contribution in [1.29, 1.82) is 0 Å². The summed E-state index contributed by atoms with van der Waals surface area (Å²) in [4.78, 5) is 22.2. The van der Waals surface area contributed by atoms with Gasteiger partial charge in [0.15, 0.2) is 5.43 Å². The molecule has 2 aromatic rings. The Morgan fingerprint density at radius 1 is 1.38 bits per heavy atom. The average Bonchev–Trinajstić information content (AvgIpc) is 2.20. The molecule has 0 atom stereocenters. The van der Waals surface area contributed by atoms with Crippen LogP contribution in [0, 0.1) is 6.92 Å². The lowest BCUT2D eigenvalue weighted by molar-refractivity contribution is -0.107. The van der Waals surface area contributed by atoms with Crippen molar-refractivity contribution in [2.75, 3.05) is 0 Å². The number of hydrogen-bond acceptors (Lipinski definition) is 3. The molecule has 4 heteroatoms. The Kier molecular flexibility index (Phi) is 2.79. The second-order valence-corrected chi connectivity index (χ2v) is 3.97. The largest absolute Gasteiger partial charge is 0.461 e. The molecule has 0 saturated heterocycles. The third-order valence-electron chi connectivity index (χ3n) is 2.30. The molecule has 0 bridgehead atoms. The second kappa shape index (κ2) is 4.10. The first-order valence-electron chi connectivity index (χ1n) is 4.78. The summed E-state index contributed by atoms with van der Waals surface area (Å²) < 4.78 is 5.46. The molecule has 82 valence electrons. The smallest absolute Gasteiger partial charge is 0.192 e. The molecule has 1 heterocycles. The van der Waals surface area contributed by atoms with Crippen molar-refractivity contribution < 1.29 is 9.21 Å². The van der Waals surface area contributed by atoms with Gasteiger partial charge in [-0.2, -0.15) is 0 Å². The quantitative estimate of drug-likeness (QED) is 0.753. The lowest BCUT2D eigenvalue weighted by Crippen LogP contribution is -2.02. The third kappa shape index (κ3) is 1.86. The summed E-state index contributed by atoms with van der Waals surface area (Å²) in [6, 6.07) is 4.60. The summed E-state index contributed by atoms with van der Waals surface area (Å²) in [5, 5.41) is 0.843. The summed E-state index contributed by atoms with van der Waals surface area (Å²) in [5.41, 5.74) is 0.938. The highest BCUT2D eigenvalue weighted by molar-refractivity contribution is 6.31. The van der Waals surface area contributed by atoms with E-state index in [-0.39, 0.29) is 11.8 Å². The first-order chi connectivity index (χ1) is 7.61. The number of rotatable bonds is 2. The van der Waals surface area contributed by atoms with Crippen LogP contribution in [0.3, 0.4) is 0 Å². The van der Waals surface area contributed by atoms with Crippen LogP contribution in [0.4, 0.5) is 0 Å².